The van der Waals surface area contributed by atoms with E-state index in [4.69, 9.17) is 0 Å². The second-order valence-electron chi connectivity index (χ2n) is 5.48. The predicted molar refractivity (Wildman–Crippen MR) is 84.0 cm³/mol. The van der Waals surface area contributed by atoms with E-state index in [1.54, 1.807) is 4.90 Å². The van der Waals surface area contributed by atoms with Crippen molar-refractivity contribution >= 4 is 11.9 Å². The van der Waals surface area contributed by atoms with Crippen LogP contribution in [0.4, 0.5) is 0 Å². The van der Waals surface area contributed by atoms with Crippen LogP contribution in [0.2, 0.25) is 0 Å². The number of esters is 1. The molecule has 0 radical (unpaired) electrons. The summed E-state index contributed by atoms with van der Waals surface area (Å²) in [6.45, 7) is 2.96. The van der Waals surface area contributed by atoms with Crippen LogP contribution in [0.3, 0.4) is 0 Å². The number of ether oxygens (including phenoxy) is 1. The molecule has 1 N–H and O–H groups in total. The lowest BCUT2D eigenvalue weighted by atomic mass is 10.1. The minimum atomic E-state index is -0.300. The molecule has 5 heteroatoms. The zero-order valence-corrected chi connectivity index (χ0v) is 13.3. The molecule has 0 unspecified atom stereocenters. The first-order valence-electron chi connectivity index (χ1n) is 7.56. The Kier molecular flexibility index (Phi) is 8.22. The molecule has 0 aliphatic carbocycles. The summed E-state index contributed by atoms with van der Waals surface area (Å²) >= 11 is 0. The topological polar surface area (TPSA) is 66.8 Å². The van der Waals surface area contributed by atoms with Crippen molar-refractivity contribution in [1.29, 1.82) is 0 Å². The summed E-state index contributed by atoms with van der Waals surface area (Å²) in [5, 5.41) is 9.21. The third-order valence-corrected chi connectivity index (χ3v) is 3.41. The third kappa shape index (κ3) is 6.72. The highest BCUT2D eigenvalue weighted by Crippen LogP contribution is 2.11. The van der Waals surface area contributed by atoms with E-state index in [2.05, 4.69) is 4.74 Å². The van der Waals surface area contributed by atoms with Crippen LogP contribution in [-0.4, -0.2) is 42.1 Å². The summed E-state index contributed by atoms with van der Waals surface area (Å²) in [7, 11) is 1.34. The van der Waals surface area contributed by atoms with Gasteiger partial charge in [-0.25, -0.2) is 0 Å². The van der Waals surface area contributed by atoms with Crippen LogP contribution in [0.15, 0.2) is 30.3 Å². The number of hydrogen-bond acceptors (Lipinski definition) is 4. The van der Waals surface area contributed by atoms with E-state index in [1.165, 1.54) is 7.11 Å². The van der Waals surface area contributed by atoms with Gasteiger partial charge in [-0.3, -0.25) is 9.59 Å². The molecular formula is C17H25NO4. The van der Waals surface area contributed by atoms with Gasteiger partial charge in [0.05, 0.1) is 7.11 Å². The predicted octanol–water partition coefficient (Wildman–Crippen LogP) is 1.99. The van der Waals surface area contributed by atoms with E-state index < -0.39 is 0 Å². The number of rotatable bonds is 9. The summed E-state index contributed by atoms with van der Waals surface area (Å²) in [4.78, 5) is 25.2. The summed E-state index contributed by atoms with van der Waals surface area (Å²) in [5.41, 5.74) is 1.05. The molecular weight excluding hydrogens is 282 g/mol. The standard InChI is InChI=1S/C17H25NO4/c1-14(13-19)11-18(12-15-7-4-3-5-8-15)16(20)9-6-10-17(21)22-2/h3-5,7-8,14,19H,6,9-13H2,1-2H3/t14-/m0/s1. The number of methoxy groups -OCH3 is 1. The van der Waals surface area contributed by atoms with Crippen LogP contribution in [-0.2, 0) is 20.9 Å². The van der Waals surface area contributed by atoms with Crippen LogP contribution in [0.5, 0.6) is 0 Å². The van der Waals surface area contributed by atoms with Gasteiger partial charge in [-0.2, -0.15) is 0 Å². The van der Waals surface area contributed by atoms with Gasteiger partial charge in [-0.1, -0.05) is 37.3 Å². The van der Waals surface area contributed by atoms with Gasteiger partial charge in [-0.05, 0) is 17.9 Å². The van der Waals surface area contributed by atoms with Crippen molar-refractivity contribution in [3.05, 3.63) is 35.9 Å². The smallest absolute Gasteiger partial charge is 0.305 e. The molecule has 0 aromatic heterocycles. The van der Waals surface area contributed by atoms with Crippen LogP contribution < -0.4 is 0 Å². The Bertz CT molecular complexity index is 461. The molecule has 0 fully saturated rings. The number of benzene rings is 1. The summed E-state index contributed by atoms with van der Waals surface area (Å²) < 4.78 is 4.57. The number of aliphatic hydroxyl groups is 1. The average Bonchev–Trinajstić information content (AvgIpc) is 2.54. The lowest BCUT2D eigenvalue weighted by molar-refractivity contribution is -0.141. The molecule has 0 aliphatic heterocycles. The highest BCUT2D eigenvalue weighted by molar-refractivity contribution is 5.77. The van der Waals surface area contributed by atoms with E-state index in [1.807, 2.05) is 37.3 Å². The van der Waals surface area contributed by atoms with Gasteiger partial charge >= 0.3 is 5.97 Å². The number of carbonyl (C=O) groups is 2. The van der Waals surface area contributed by atoms with Crippen molar-refractivity contribution in [2.45, 2.75) is 32.7 Å². The van der Waals surface area contributed by atoms with E-state index >= 15 is 0 Å². The van der Waals surface area contributed by atoms with Crippen molar-refractivity contribution in [2.75, 3.05) is 20.3 Å². The molecule has 0 aliphatic rings. The molecule has 0 spiro atoms. The van der Waals surface area contributed by atoms with Crippen molar-refractivity contribution in [2.24, 2.45) is 5.92 Å². The van der Waals surface area contributed by atoms with Crippen LogP contribution in [0.1, 0.15) is 31.7 Å². The fourth-order valence-corrected chi connectivity index (χ4v) is 2.14. The van der Waals surface area contributed by atoms with Gasteiger partial charge in [0.15, 0.2) is 0 Å². The van der Waals surface area contributed by atoms with Gasteiger partial charge in [0, 0.05) is 32.5 Å². The highest BCUT2D eigenvalue weighted by Gasteiger charge is 2.17. The Labute approximate surface area is 131 Å². The first kappa shape index (κ1) is 18.2. The Morgan fingerprint density at radius 1 is 1.23 bits per heavy atom. The summed E-state index contributed by atoms with van der Waals surface area (Å²) in [6, 6.07) is 9.74. The van der Waals surface area contributed by atoms with Crippen molar-refractivity contribution in [1.82, 2.24) is 4.90 Å². The molecule has 1 atom stereocenters. The average molecular weight is 307 g/mol. The number of carbonyl (C=O) groups excluding carboxylic acids is 2. The molecule has 22 heavy (non-hydrogen) atoms. The molecule has 1 aromatic rings. The van der Waals surface area contributed by atoms with E-state index in [-0.39, 0.29) is 30.8 Å². The first-order valence-corrected chi connectivity index (χ1v) is 7.56. The zero-order valence-electron chi connectivity index (χ0n) is 13.3. The normalized spacial score (nSPS) is 11.8. The van der Waals surface area contributed by atoms with Crippen LogP contribution in [0.25, 0.3) is 0 Å². The maximum absolute atomic E-state index is 12.4. The second kappa shape index (κ2) is 9.95. The maximum atomic E-state index is 12.4. The van der Waals surface area contributed by atoms with E-state index in [9.17, 15) is 14.7 Å². The monoisotopic (exact) mass is 307 g/mol. The molecule has 0 bridgehead atoms. The van der Waals surface area contributed by atoms with Gasteiger partial charge < -0.3 is 14.7 Å². The Morgan fingerprint density at radius 3 is 2.50 bits per heavy atom. The summed E-state index contributed by atoms with van der Waals surface area (Å²) in [6.07, 6.45) is 1.03. The number of nitrogens with zero attached hydrogens (tertiary/aromatic N) is 1. The molecule has 5 nitrogen and oxygen atoms in total. The largest absolute Gasteiger partial charge is 0.469 e. The molecule has 1 amide bonds. The van der Waals surface area contributed by atoms with Gasteiger partial charge in [0.2, 0.25) is 5.91 Å². The molecule has 0 saturated heterocycles. The Morgan fingerprint density at radius 2 is 1.91 bits per heavy atom. The number of hydrogen-bond donors (Lipinski definition) is 1. The lowest BCUT2D eigenvalue weighted by Gasteiger charge is -2.25. The second-order valence-corrected chi connectivity index (χ2v) is 5.48. The number of aliphatic hydroxyl groups excluding tert-OH is 1. The number of amides is 1. The minimum absolute atomic E-state index is 0.00643. The summed E-state index contributed by atoms with van der Waals surface area (Å²) in [5.74, 6) is -0.285. The fraction of sp³-hybridized carbons (Fsp3) is 0.529. The van der Waals surface area contributed by atoms with Crippen LogP contribution in [0, 0.1) is 5.92 Å². The quantitative estimate of drug-likeness (QED) is 0.709. The van der Waals surface area contributed by atoms with Crippen molar-refractivity contribution in [3.63, 3.8) is 0 Å². The first-order chi connectivity index (χ1) is 10.6. The molecule has 122 valence electrons. The third-order valence-electron chi connectivity index (χ3n) is 3.41. The van der Waals surface area contributed by atoms with Gasteiger partial charge in [0.1, 0.15) is 0 Å². The van der Waals surface area contributed by atoms with E-state index in [0.717, 1.165) is 5.56 Å². The van der Waals surface area contributed by atoms with Crippen molar-refractivity contribution in [3.8, 4) is 0 Å². The van der Waals surface area contributed by atoms with Crippen molar-refractivity contribution < 1.29 is 19.4 Å². The van der Waals surface area contributed by atoms with Crippen LogP contribution >= 0.6 is 0 Å². The van der Waals surface area contributed by atoms with Gasteiger partial charge in [-0.15, -0.1) is 0 Å². The fourth-order valence-electron chi connectivity index (χ4n) is 2.14. The highest BCUT2D eigenvalue weighted by atomic mass is 16.5. The Hall–Kier alpha value is -1.88. The minimum Gasteiger partial charge on any atom is -0.469 e. The molecule has 1 rings (SSSR count). The molecule has 1 aromatic carbocycles. The lowest BCUT2D eigenvalue weighted by Crippen LogP contribution is -2.35. The Balaban J connectivity index is 2.60. The SMILES string of the molecule is COC(=O)CCCC(=O)N(Cc1ccccc1)C[C@H](C)CO. The molecule has 0 saturated carbocycles. The maximum Gasteiger partial charge on any atom is 0.305 e. The van der Waals surface area contributed by atoms with E-state index in [0.29, 0.717) is 25.9 Å². The zero-order chi connectivity index (χ0) is 16.4. The molecule has 0 heterocycles. The van der Waals surface area contributed by atoms with Gasteiger partial charge in [0.25, 0.3) is 0 Å².